The number of fused-ring (bicyclic) bond motifs is 6. The molecule has 0 N–H and O–H groups in total. The molecule has 0 fully saturated rings. The number of hydrogen-bond acceptors (Lipinski definition) is 3. The van der Waals surface area contributed by atoms with Crippen LogP contribution in [-0.2, 0) is 0 Å². The smallest absolute Gasteiger partial charge is 0.0640 e. The lowest BCUT2D eigenvalue weighted by Crippen LogP contribution is -2.09. The molecule has 0 unspecified atom stereocenters. The molecule has 240 valence electrons. The summed E-state index contributed by atoms with van der Waals surface area (Å²) in [5.74, 6) is 0. The van der Waals surface area contributed by atoms with Gasteiger partial charge in [0, 0.05) is 47.0 Å². The monoisotopic (exact) mass is 685 g/mol. The molecular formula is C48H31NS2. The number of thiophene rings is 2. The van der Waals surface area contributed by atoms with E-state index in [0.717, 1.165) is 11.4 Å². The van der Waals surface area contributed by atoms with Crippen LogP contribution in [0.5, 0.6) is 0 Å². The highest BCUT2D eigenvalue weighted by molar-refractivity contribution is 7.27. The summed E-state index contributed by atoms with van der Waals surface area (Å²) < 4.78 is 5.22. The zero-order valence-electron chi connectivity index (χ0n) is 27.7. The number of hydrogen-bond donors (Lipinski definition) is 0. The van der Waals surface area contributed by atoms with Gasteiger partial charge in [0.1, 0.15) is 0 Å². The van der Waals surface area contributed by atoms with Crippen molar-refractivity contribution in [1.29, 1.82) is 0 Å². The van der Waals surface area contributed by atoms with Crippen molar-refractivity contribution in [3.8, 4) is 33.4 Å². The van der Waals surface area contributed by atoms with Crippen LogP contribution in [-0.4, -0.2) is 0 Å². The second-order valence-corrected chi connectivity index (χ2v) is 15.0. The van der Waals surface area contributed by atoms with Gasteiger partial charge in [0.15, 0.2) is 0 Å². The van der Waals surface area contributed by atoms with Crippen LogP contribution in [0.2, 0.25) is 0 Å². The zero-order valence-corrected chi connectivity index (χ0v) is 29.3. The van der Waals surface area contributed by atoms with E-state index in [9.17, 15) is 0 Å². The molecule has 1 nitrogen and oxygen atoms in total. The third kappa shape index (κ3) is 5.21. The third-order valence-corrected chi connectivity index (χ3v) is 12.3. The zero-order chi connectivity index (χ0) is 33.7. The van der Waals surface area contributed by atoms with Crippen molar-refractivity contribution in [3.05, 3.63) is 188 Å². The first-order chi connectivity index (χ1) is 25.3. The molecule has 0 bridgehead atoms. The molecule has 0 aliphatic carbocycles. The summed E-state index contributed by atoms with van der Waals surface area (Å²) in [4.78, 5) is 2.45. The molecule has 0 aliphatic heterocycles. The number of benzene rings is 8. The van der Waals surface area contributed by atoms with Gasteiger partial charge in [-0.1, -0.05) is 146 Å². The van der Waals surface area contributed by atoms with E-state index >= 15 is 0 Å². The number of rotatable bonds is 6. The van der Waals surface area contributed by atoms with Crippen LogP contribution in [0.4, 0.5) is 17.1 Å². The van der Waals surface area contributed by atoms with Gasteiger partial charge in [0.25, 0.3) is 0 Å². The lowest BCUT2D eigenvalue weighted by molar-refractivity contribution is 1.31. The van der Waals surface area contributed by atoms with Crippen molar-refractivity contribution in [2.24, 2.45) is 0 Å². The topological polar surface area (TPSA) is 3.24 Å². The van der Waals surface area contributed by atoms with Crippen molar-refractivity contribution in [1.82, 2.24) is 0 Å². The predicted octanol–water partition coefficient (Wildman–Crippen LogP) is 14.9. The van der Waals surface area contributed by atoms with Crippen molar-refractivity contribution < 1.29 is 0 Å². The summed E-state index contributed by atoms with van der Waals surface area (Å²) in [6.07, 6.45) is 0. The second kappa shape index (κ2) is 12.4. The van der Waals surface area contributed by atoms with Gasteiger partial charge in [-0.15, -0.1) is 22.7 Å². The summed E-state index contributed by atoms with van der Waals surface area (Å²) in [5, 5.41) is 5.21. The number of nitrogens with zero attached hydrogens (tertiary/aromatic N) is 1. The second-order valence-electron chi connectivity index (χ2n) is 12.9. The molecular weight excluding hydrogens is 655 g/mol. The minimum atomic E-state index is 1.13. The Bertz CT molecular complexity index is 2850. The Balaban J connectivity index is 1.15. The molecule has 0 radical (unpaired) electrons. The Morgan fingerprint density at radius 1 is 0.314 bits per heavy atom. The Morgan fingerprint density at radius 2 is 0.882 bits per heavy atom. The lowest BCUT2D eigenvalue weighted by atomic mass is 9.99. The molecule has 8 aromatic carbocycles. The van der Waals surface area contributed by atoms with E-state index in [1.165, 1.54) is 79.4 Å². The van der Waals surface area contributed by atoms with Gasteiger partial charge < -0.3 is 4.90 Å². The summed E-state index contributed by atoms with van der Waals surface area (Å²) in [7, 11) is 0. The van der Waals surface area contributed by atoms with Crippen LogP contribution >= 0.6 is 22.7 Å². The average molecular weight is 686 g/mol. The van der Waals surface area contributed by atoms with Gasteiger partial charge in [0.05, 0.1) is 10.4 Å². The van der Waals surface area contributed by atoms with Crippen LogP contribution in [0.25, 0.3) is 73.7 Å². The normalized spacial score (nSPS) is 11.5. The fourth-order valence-electron chi connectivity index (χ4n) is 7.42. The van der Waals surface area contributed by atoms with E-state index in [4.69, 9.17) is 0 Å². The molecule has 0 aliphatic rings. The van der Waals surface area contributed by atoms with Crippen LogP contribution in [0.15, 0.2) is 188 Å². The minimum absolute atomic E-state index is 1.13. The van der Waals surface area contributed by atoms with Crippen LogP contribution in [0.3, 0.4) is 0 Å². The standard InChI is InChI=1S/C48H31NS2/c1-3-12-32(13-4-1)35-16-9-17-36(30-35)33-24-26-37(27-25-33)49(38-28-29-41-40-18-7-8-23-45(40)50-46(41)31-38)44-22-11-21-43-42-20-10-19-39(47(42)51-48(43)44)34-14-5-2-6-15-34/h1-31H. The van der Waals surface area contributed by atoms with Gasteiger partial charge in [0.2, 0.25) is 0 Å². The van der Waals surface area contributed by atoms with E-state index in [2.05, 4.69) is 193 Å². The lowest BCUT2D eigenvalue weighted by Gasteiger charge is -2.26. The fraction of sp³-hybridized carbons (Fsp3) is 0. The SMILES string of the molecule is c1ccc(-c2cccc(-c3ccc(N(c4ccc5c(c4)sc4ccccc45)c4cccc5c4sc4c(-c6ccccc6)cccc45)cc3)c2)cc1. The molecule has 3 heteroatoms. The fourth-order valence-corrected chi connectivity index (χ4v) is 9.90. The molecule has 0 atom stereocenters. The van der Waals surface area contributed by atoms with Gasteiger partial charge in [-0.3, -0.25) is 0 Å². The number of anilines is 3. The van der Waals surface area contributed by atoms with Crippen LogP contribution in [0, 0.1) is 0 Å². The summed E-state index contributed by atoms with van der Waals surface area (Å²) >= 11 is 3.76. The summed E-state index contributed by atoms with van der Waals surface area (Å²) in [6.45, 7) is 0. The van der Waals surface area contributed by atoms with Crippen LogP contribution < -0.4 is 4.90 Å². The maximum absolute atomic E-state index is 2.45. The first-order valence-corrected chi connectivity index (χ1v) is 18.9. The highest BCUT2D eigenvalue weighted by Gasteiger charge is 2.20. The molecule has 51 heavy (non-hydrogen) atoms. The van der Waals surface area contributed by atoms with Crippen molar-refractivity contribution in [2.45, 2.75) is 0 Å². The van der Waals surface area contributed by atoms with Gasteiger partial charge in [-0.2, -0.15) is 0 Å². The Hall–Kier alpha value is -6.00. The quantitative estimate of drug-likeness (QED) is 0.168. The van der Waals surface area contributed by atoms with Gasteiger partial charge in [-0.05, 0) is 75.8 Å². The van der Waals surface area contributed by atoms with Crippen LogP contribution in [0.1, 0.15) is 0 Å². The average Bonchev–Trinajstić information content (AvgIpc) is 3.78. The molecule has 0 saturated heterocycles. The van der Waals surface area contributed by atoms with E-state index in [1.54, 1.807) is 0 Å². The first kappa shape index (κ1) is 29.9. The molecule has 2 aromatic heterocycles. The largest absolute Gasteiger partial charge is 0.309 e. The van der Waals surface area contributed by atoms with Gasteiger partial charge >= 0.3 is 0 Å². The van der Waals surface area contributed by atoms with Crippen molar-refractivity contribution >= 4 is 80.1 Å². The summed E-state index contributed by atoms with van der Waals surface area (Å²) in [5.41, 5.74) is 10.9. The molecule has 10 aromatic rings. The molecule has 0 saturated carbocycles. The maximum Gasteiger partial charge on any atom is 0.0640 e. The Labute approximate surface area is 304 Å². The molecule has 0 amide bonds. The highest BCUT2D eigenvalue weighted by Crippen LogP contribution is 2.48. The van der Waals surface area contributed by atoms with E-state index in [0.29, 0.717) is 0 Å². The Morgan fingerprint density at radius 3 is 1.67 bits per heavy atom. The van der Waals surface area contributed by atoms with E-state index in [-0.39, 0.29) is 0 Å². The van der Waals surface area contributed by atoms with Crippen molar-refractivity contribution in [3.63, 3.8) is 0 Å². The third-order valence-electron chi connectivity index (χ3n) is 9.88. The Kier molecular flexibility index (Phi) is 7.26. The molecule has 0 spiro atoms. The van der Waals surface area contributed by atoms with Gasteiger partial charge in [-0.25, -0.2) is 0 Å². The molecule has 10 rings (SSSR count). The van der Waals surface area contributed by atoms with E-state index in [1.807, 2.05) is 22.7 Å². The molecule has 2 heterocycles. The highest BCUT2D eigenvalue weighted by atomic mass is 32.1. The maximum atomic E-state index is 2.45. The predicted molar refractivity (Wildman–Crippen MR) is 223 cm³/mol. The minimum Gasteiger partial charge on any atom is -0.309 e. The first-order valence-electron chi connectivity index (χ1n) is 17.3. The van der Waals surface area contributed by atoms with E-state index < -0.39 is 0 Å². The summed E-state index contributed by atoms with van der Waals surface area (Å²) in [6, 6.07) is 68.5. The van der Waals surface area contributed by atoms with Crippen molar-refractivity contribution in [2.75, 3.05) is 4.90 Å².